The number of hydrogen-bond donors (Lipinski definition) is 0. The van der Waals surface area contributed by atoms with E-state index in [-0.39, 0.29) is 28.3 Å². The first-order valence-electron chi connectivity index (χ1n) is 17.6. The average Bonchev–Trinajstić information content (AvgIpc) is 3.37. The fourth-order valence-electron chi connectivity index (χ4n) is 7.16. The van der Waals surface area contributed by atoms with Gasteiger partial charge in [-0.2, -0.15) is 0 Å². The van der Waals surface area contributed by atoms with Crippen LogP contribution in [0.5, 0.6) is 0 Å². The van der Waals surface area contributed by atoms with Gasteiger partial charge >= 0.3 is 0 Å². The highest BCUT2D eigenvalue weighted by atomic mass is 35.5. The molecule has 5 rings (SSSR count). The number of hydrogen-bond acceptors (Lipinski definition) is 4. The molecule has 0 bridgehead atoms. The van der Waals surface area contributed by atoms with Gasteiger partial charge < -0.3 is 14.2 Å². The van der Waals surface area contributed by atoms with Gasteiger partial charge in [-0.05, 0) is 118 Å². The second-order valence-corrected chi connectivity index (χ2v) is 22.0. The summed E-state index contributed by atoms with van der Waals surface area (Å²) in [7, 11) is -1.79. The summed E-state index contributed by atoms with van der Waals surface area (Å²) in [6, 6.07) is 11.9. The van der Waals surface area contributed by atoms with E-state index in [9.17, 15) is 9.59 Å². The van der Waals surface area contributed by atoms with Crippen molar-refractivity contribution in [1.29, 1.82) is 0 Å². The van der Waals surface area contributed by atoms with E-state index >= 15 is 0 Å². The lowest BCUT2D eigenvalue weighted by molar-refractivity contribution is -0.133. The van der Waals surface area contributed by atoms with Gasteiger partial charge in [0.15, 0.2) is 8.32 Å². The van der Waals surface area contributed by atoms with Crippen LogP contribution < -0.4 is 0 Å². The fourth-order valence-corrected chi connectivity index (χ4v) is 9.23. The van der Waals surface area contributed by atoms with Crippen LogP contribution in [0.1, 0.15) is 89.6 Å². The third-order valence-electron chi connectivity index (χ3n) is 11.3. The molecule has 0 N–H and O–H groups in total. The Labute approximate surface area is 294 Å². The standard InChI is InChI=1S/C38H55Cl2N3O3Si/c1-37(2,3)42-21-19-41(20-22-42)35(44)27-11-9-26(10-12-27)29-24-33(39)32(34(40)25-29)23-28-17-18-43(36(28)45)30-13-15-31(16-14-30)46-47(7,8)38(4,5)6/h9-12,24-25,28,30-31H,13-23H2,1-8H3/t28-,30?,31?/m0/s1. The minimum atomic E-state index is -1.79. The van der Waals surface area contributed by atoms with Crippen LogP contribution in [0.4, 0.5) is 0 Å². The highest BCUT2D eigenvalue weighted by Crippen LogP contribution is 2.41. The summed E-state index contributed by atoms with van der Waals surface area (Å²) >= 11 is 13.7. The van der Waals surface area contributed by atoms with Crippen molar-refractivity contribution in [2.24, 2.45) is 5.92 Å². The van der Waals surface area contributed by atoms with E-state index in [2.05, 4.69) is 64.4 Å². The molecule has 0 unspecified atom stereocenters. The Morgan fingerprint density at radius 2 is 1.40 bits per heavy atom. The van der Waals surface area contributed by atoms with Crippen molar-refractivity contribution >= 4 is 43.3 Å². The lowest BCUT2D eigenvalue weighted by Gasteiger charge is -2.42. The molecule has 2 saturated heterocycles. The van der Waals surface area contributed by atoms with Crippen molar-refractivity contribution in [2.45, 2.75) is 116 Å². The molecule has 0 radical (unpaired) electrons. The van der Waals surface area contributed by atoms with E-state index in [0.29, 0.717) is 34.2 Å². The second kappa shape index (κ2) is 14.1. The summed E-state index contributed by atoms with van der Waals surface area (Å²) in [4.78, 5) is 33.3. The van der Waals surface area contributed by atoms with E-state index in [1.165, 1.54) is 0 Å². The maximum absolute atomic E-state index is 13.6. The van der Waals surface area contributed by atoms with Crippen molar-refractivity contribution in [1.82, 2.24) is 14.7 Å². The molecule has 2 aromatic rings. The molecule has 3 fully saturated rings. The van der Waals surface area contributed by atoms with E-state index < -0.39 is 8.32 Å². The molecule has 2 heterocycles. The van der Waals surface area contributed by atoms with E-state index in [1.807, 2.05) is 41.3 Å². The molecule has 2 aliphatic heterocycles. The molecule has 6 nitrogen and oxygen atoms in total. The van der Waals surface area contributed by atoms with Crippen molar-refractivity contribution in [3.8, 4) is 11.1 Å². The van der Waals surface area contributed by atoms with E-state index in [1.54, 1.807) is 0 Å². The molecule has 2 amide bonds. The summed E-state index contributed by atoms with van der Waals surface area (Å²) in [5, 5.41) is 1.37. The Morgan fingerprint density at radius 3 is 1.94 bits per heavy atom. The zero-order valence-corrected chi connectivity index (χ0v) is 32.3. The number of piperazine rings is 1. The number of halogens is 2. The van der Waals surface area contributed by atoms with Gasteiger partial charge in [-0.25, -0.2) is 0 Å². The van der Waals surface area contributed by atoms with Crippen LogP contribution in [-0.4, -0.2) is 85.2 Å². The molecule has 1 atom stereocenters. The summed E-state index contributed by atoms with van der Waals surface area (Å²) in [6.45, 7) is 22.2. The minimum Gasteiger partial charge on any atom is -0.414 e. The number of carbonyl (C=O) groups is 2. The smallest absolute Gasteiger partial charge is 0.253 e. The highest BCUT2D eigenvalue weighted by molar-refractivity contribution is 6.74. The van der Waals surface area contributed by atoms with Crippen molar-refractivity contribution in [2.75, 3.05) is 32.7 Å². The maximum Gasteiger partial charge on any atom is 0.253 e. The second-order valence-electron chi connectivity index (χ2n) is 16.5. The van der Waals surface area contributed by atoms with Gasteiger partial charge in [0, 0.05) is 71.9 Å². The van der Waals surface area contributed by atoms with Gasteiger partial charge in [0.2, 0.25) is 5.91 Å². The largest absolute Gasteiger partial charge is 0.414 e. The molecule has 258 valence electrons. The fraction of sp³-hybridized carbons (Fsp3) is 0.632. The number of nitrogens with zero attached hydrogens (tertiary/aromatic N) is 3. The van der Waals surface area contributed by atoms with Crippen LogP contribution in [0.2, 0.25) is 28.2 Å². The predicted octanol–water partition coefficient (Wildman–Crippen LogP) is 8.94. The van der Waals surface area contributed by atoms with Gasteiger partial charge in [-0.3, -0.25) is 14.5 Å². The lowest BCUT2D eigenvalue weighted by Crippen LogP contribution is -2.54. The third kappa shape index (κ3) is 8.29. The van der Waals surface area contributed by atoms with Crippen molar-refractivity contribution < 1.29 is 14.0 Å². The zero-order chi connectivity index (χ0) is 34.3. The predicted molar refractivity (Wildman–Crippen MR) is 197 cm³/mol. The van der Waals surface area contributed by atoms with Crippen LogP contribution >= 0.6 is 23.2 Å². The number of carbonyl (C=O) groups excluding carboxylic acids is 2. The quantitative estimate of drug-likeness (QED) is 0.271. The van der Waals surface area contributed by atoms with Gasteiger partial charge in [0.05, 0.1) is 0 Å². The Balaban J connectivity index is 1.16. The van der Waals surface area contributed by atoms with Crippen LogP contribution in [0.3, 0.4) is 0 Å². The van der Waals surface area contributed by atoms with Crippen molar-refractivity contribution in [3.63, 3.8) is 0 Å². The molecule has 1 saturated carbocycles. The maximum atomic E-state index is 13.6. The summed E-state index contributed by atoms with van der Waals surface area (Å²) in [5.74, 6) is 0.196. The SMILES string of the molecule is CC(C)(C)N1CCN(C(=O)c2ccc(-c3cc(Cl)c(C[C@@H]4CCN(C5CCC(O[Si](C)(C)C(C)(C)C)CC5)C4=O)c(Cl)c3)cc2)CC1. The lowest BCUT2D eigenvalue weighted by atomic mass is 9.92. The number of likely N-dealkylation sites (tertiary alicyclic amines) is 1. The van der Waals surface area contributed by atoms with Crippen LogP contribution in [0, 0.1) is 5.92 Å². The van der Waals surface area contributed by atoms with Gasteiger partial charge in [-0.1, -0.05) is 56.1 Å². The monoisotopic (exact) mass is 699 g/mol. The Morgan fingerprint density at radius 1 is 0.830 bits per heavy atom. The first-order valence-corrected chi connectivity index (χ1v) is 21.2. The topological polar surface area (TPSA) is 53.1 Å². The number of rotatable bonds is 7. The first-order chi connectivity index (χ1) is 21.9. The van der Waals surface area contributed by atoms with Gasteiger partial charge in [0.1, 0.15) is 0 Å². The average molecular weight is 701 g/mol. The summed E-state index contributed by atoms with van der Waals surface area (Å²) in [6.07, 6.45) is 5.74. The minimum absolute atomic E-state index is 0.0688. The molecular weight excluding hydrogens is 645 g/mol. The molecule has 47 heavy (non-hydrogen) atoms. The number of amides is 2. The Hall–Kier alpha value is -1.90. The van der Waals surface area contributed by atoms with Crippen LogP contribution in [-0.2, 0) is 15.6 Å². The molecule has 2 aromatic carbocycles. The molecule has 0 aromatic heterocycles. The van der Waals surface area contributed by atoms with E-state index in [4.69, 9.17) is 27.6 Å². The van der Waals surface area contributed by atoms with Crippen LogP contribution in [0.15, 0.2) is 36.4 Å². The number of benzene rings is 2. The normalized spacial score (nSPS) is 23.4. The molecule has 1 aliphatic carbocycles. The Kier molecular flexibility index (Phi) is 10.9. The molecule has 3 aliphatic rings. The van der Waals surface area contributed by atoms with Crippen LogP contribution in [0.25, 0.3) is 11.1 Å². The molecule has 0 spiro atoms. The Bertz CT molecular complexity index is 1410. The molecule has 9 heteroatoms. The van der Waals surface area contributed by atoms with Crippen molar-refractivity contribution in [3.05, 3.63) is 57.6 Å². The highest BCUT2D eigenvalue weighted by Gasteiger charge is 2.42. The third-order valence-corrected chi connectivity index (χ3v) is 16.5. The summed E-state index contributed by atoms with van der Waals surface area (Å²) < 4.78 is 6.69. The molecular formula is C38H55Cl2N3O3Si. The summed E-state index contributed by atoms with van der Waals surface area (Å²) in [5.41, 5.74) is 3.49. The zero-order valence-electron chi connectivity index (χ0n) is 29.8. The van der Waals surface area contributed by atoms with Gasteiger partial charge in [-0.15, -0.1) is 0 Å². The van der Waals surface area contributed by atoms with E-state index in [0.717, 1.165) is 81.5 Å². The first kappa shape index (κ1) is 36.4. The van der Waals surface area contributed by atoms with Gasteiger partial charge in [0.25, 0.3) is 5.91 Å².